The van der Waals surface area contributed by atoms with Gasteiger partial charge in [0.1, 0.15) is 12.4 Å². The average Bonchev–Trinajstić information content (AvgIpc) is 2.48. The van der Waals surface area contributed by atoms with Crippen LogP contribution in [0.5, 0.6) is 5.75 Å². The highest BCUT2D eigenvalue weighted by Crippen LogP contribution is 2.27. The van der Waals surface area contributed by atoms with Crippen LogP contribution in [0.15, 0.2) is 18.2 Å². The molecule has 1 aliphatic rings. The van der Waals surface area contributed by atoms with Gasteiger partial charge in [-0.1, -0.05) is 30.1 Å². The number of hydrogen-bond acceptors (Lipinski definition) is 3. The van der Waals surface area contributed by atoms with E-state index in [0.29, 0.717) is 22.4 Å². The average molecular weight is 331 g/mol. The lowest BCUT2D eigenvalue weighted by molar-refractivity contribution is 0.154. The zero-order chi connectivity index (χ0) is 15.1. The summed E-state index contributed by atoms with van der Waals surface area (Å²) in [5.41, 5.74) is 0. The minimum absolute atomic E-state index is 0.576. The Hall–Kier alpha value is -0.480. The Morgan fingerprint density at radius 3 is 2.71 bits per heavy atom. The Bertz CT molecular complexity index is 434. The smallest absolute Gasteiger partial charge is 0.138 e. The first-order chi connectivity index (χ1) is 10.2. The third kappa shape index (κ3) is 5.67. The number of piperidine rings is 1. The summed E-state index contributed by atoms with van der Waals surface area (Å²) in [4.78, 5) is 2.46. The molecule has 0 saturated carbocycles. The van der Waals surface area contributed by atoms with Crippen LogP contribution in [-0.4, -0.2) is 44.2 Å². The van der Waals surface area contributed by atoms with Crippen LogP contribution >= 0.6 is 23.2 Å². The van der Waals surface area contributed by atoms with Gasteiger partial charge in [-0.3, -0.25) is 4.90 Å². The van der Waals surface area contributed by atoms with Crippen molar-refractivity contribution in [2.45, 2.75) is 19.8 Å². The van der Waals surface area contributed by atoms with Gasteiger partial charge in [-0.15, -0.1) is 0 Å². The van der Waals surface area contributed by atoms with E-state index in [2.05, 4.69) is 17.1 Å². The van der Waals surface area contributed by atoms with Gasteiger partial charge in [-0.2, -0.15) is 0 Å². The highest BCUT2D eigenvalue weighted by Gasteiger charge is 2.18. The number of rotatable bonds is 7. The number of ether oxygens (including phenoxy) is 1. The molecule has 1 aliphatic heterocycles. The van der Waals surface area contributed by atoms with E-state index in [0.717, 1.165) is 38.6 Å². The Kier molecular flexibility index (Phi) is 7.11. The molecule has 0 atom stereocenters. The van der Waals surface area contributed by atoms with Crippen LogP contribution in [0, 0.1) is 5.92 Å². The van der Waals surface area contributed by atoms with Crippen LogP contribution in [-0.2, 0) is 0 Å². The minimum atomic E-state index is 0.576. The van der Waals surface area contributed by atoms with Gasteiger partial charge in [0.05, 0.1) is 5.02 Å². The van der Waals surface area contributed by atoms with Crippen LogP contribution in [0.1, 0.15) is 19.8 Å². The Labute approximate surface area is 137 Å². The lowest BCUT2D eigenvalue weighted by atomic mass is 9.97. The molecule has 21 heavy (non-hydrogen) atoms. The fourth-order valence-electron chi connectivity index (χ4n) is 2.64. The monoisotopic (exact) mass is 330 g/mol. The second-order valence-electron chi connectivity index (χ2n) is 5.52. The van der Waals surface area contributed by atoms with E-state index in [4.69, 9.17) is 27.9 Å². The number of benzene rings is 1. The predicted molar refractivity (Wildman–Crippen MR) is 89.7 cm³/mol. The summed E-state index contributed by atoms with van der Waals surface area (Å²) in [6, 6.07) is 5.34. The summed E-state index contributed by atoms with van der Waals surface area (Å²) >= 11 is 12.0. The normalized spacial score (nSPS) is 17.1. The number of likely N-dealkylation sites (tertiary alicyclic amines) is 1. The van der Waals surface area contributed by atoms with E-state index in [1.807, 2.05) is 6.07 Å². The number of halogens is 2. The molecule has 0 unspecified atom stereocenters. The van der Waals surface area contributed by atoms with Crippen molar-refractivity contribution in [3.63, 3.8) is 0 Å². The molecule has 1 fully saturated rings. The molecule has 1 saturated heterocycles. The lowest BCUT2D eigenvalue weighted by Gasteiger charge is -2.31. The molecule has 0 amide bonds. The summed E-state index contributed by atoms with van der Waals surface area (Å²) in [5.74, 6) is 1.54. The summed E-state index contributed by atoms with van der Waals surface area (Å²) in [6.07, 6.45) is 2.55. The first-order valence-corrected chi connectivity index (χ1v) is 8.45. The van der Waals surface area contributed by atoms with Crippen LogP contribution in [0.2, 0.25) is 10.0 Å². The summed E-state index contributed by atoms with van der Waals surface area (Å²) in [7, 11) is 0. The Morgan fingerprint density at radius 2 is 2.05 bits per heavy atom. The van der Waals surface area contributed by atoms with Gasteiger partial charge < -0.3 is 10.1 Å². The molecule has 3 nitrogen and oxygen atoms in total. The second kappa shape index (κ2) is 8.84. The van der Waals surface area contributed by atoms with Gasteiger partial charge in [-0.05, 0) is 63.1 Å². The minimum Gasteiger partial charge on any atom is -0.491 e. The summed E-state index contributed by atoms with van der Waals surface area (Å²) < 4.78 is 5.74. The van der Waals surface area contributed by atoms with Crippen molar-refractivity contribution in [2.75, 3.05) is 39.3 Å². The quantitative estimate of drug-likeness (QED) is 0.825. The molecule has 0 radical (unpaired) electrons. The highest BCUT2D eigenvalue weighted by atomic mass is 35.5. The third-order valence-electron chi connectivity index (χ3n) is 3.95. The van der Waals surface area contributed by atoms with Gasteiger partial charge in [0.15, 0.2) is 0 Å². The third-order valence-corrected chi connectivity index (χ3v) is 4.48. The van der Waals surface area contributed by atoms with Crippen molar-refractivity contribution in [1.82, 2.24) is 10.2 Å². The zero-order valence-corrected chi connectivity index (χ0v) is 14.1. The Morgan fingerprint density at radius 1 is 1.29 bits per heavy atom. The lowest BCUT2D eigenvalue weighted by Crippen LogP contribution is -2.39. The van der Waals surface area contributed by atoms with Gasteiger partial charge >= 0.3 is 0 Å². The van der Waals surface area contributed by atoms with Crippen molar-refractivity contribution in [2.24, 2.45) is 5.92 Å². The standard InChI is InChI=1S/C16H24Cl2N2O/c1-2-19-12-13-5-7-20(8-6-13)9-10-21-16-4-3-14(17)11-15(16)18/h3-4,11,13,19H,2,5-10,12H2,1H3. The van der Waals surface area contributed by atoms with E-state index in [1.54, 1.807) is 12.1 Å². The van der Waals surface area contributed by atoms with E-state index >= 15 is 0 Å². The van der Waals surface area contributed by atoms with Crippen molar-refractivity contribution in [3.05, 3.63) is 28.2 Å². The number of hydrogen-bond donors (Lipinski definition) is 1. The highest BCUT2D eigenvalue weighted by molar-refractivity contribution is 6.35. The van der Waals surface area contributed by atoms with E-state index in [9.17, 15) is 0 Å². The topological polar surface area (TPSA) is 24.5 Å². The van der Waals surface area contributed by atoms with E-state index in [1.165, 1.54) is 12.8 Å². The van der Waals surface area contributed by atoms with E-state index < -0.39 is 0 Å². The molecular weight excluding hydrogens is 307 g/mol. The molecule has 1 heterocycles. The van der Waals surface area contributed by atoms with Crippen LogP contribution in [0.4, 0.5) is 0 Å². The zero-order valence-electron chi connectivity index (χ0n) is 12.6. The molecule has 1 aromatic rings. The van der Waals surface area contributed by atoms with Gasteiger partial charge in [0.2, 0.25) is 0 Å². The largest absolute Gasteiger partial charge is 0.491 e. The van der Waals surface area contributed by atoms with Crippen molar-refractivity contribution in [3.8, 4) is 5.75 Å². The predicted octanol–water partition coefficient (Wildman–Crippen LogP) is 3.69. The van der Waals surface area contributed by atoms with Crippen LogP contribution < -0.4 is 10.1 Å². The SMILES string of the molecule is CCNCC1CCN(CCOc2ccc(Cl)cc2Cl)CC1. The number of nitrogens with one attached hydrogen (secondary N) is 1. The van der Waals surface area contributed by atoms with Crippen molar-refractivity contribution >= 4 is 23.2 Å². The summed E-state index contributed by atoms with van der Waals surface area (Å²) in [5, 5.41) is 4.65. The molecule has 5 heteroatoms. The maximum Gasteiger partial charge on any atom is 0.138 e. The van der Waals surface area contributed by atoms with Crippen molar-refractivity contribution < 1.29 is 4.74 Å². The number of nitrogens with zero attached hydrogens (tertiary/aromatic N) is 1. The molecule has 1 N–H and O–H groups in total. The molecule has 0 aliphatic carbocycles. The first kappa shape index (κ1) is 16.9. The molecule has 118 valence electrons. The molecule has 1 aromatic carbocycles. The fourth-order valence-corrected chi connectivity index (χ4v) is 3.10. The summed E-state index contributed by atoms with van der Waals surface area (Å²) in [6.45, 7) is 8.32. The molecule has 0 spiro atoms. The maximum atomic E-state index is 6.09. The maximum absolute atomic E-state index is 6.09. The molecular formula is C16H24Cl2N2O. The van der Waals surface area contributed by atoms with Gasteiger partial charge in [-0.25, -0.2) is 0 Å². The van der Waals surface area contributed by atoms with Crippen LogP contribution in [0.25, 0.3) is 0 Å². The molecule has 2 rings (SSSR count). The van der Waals surface area contributed by atoms with Gasteiger partial charge in [0, 0.05) is 11.6 Å². The first-order valence-electron chi connectivity index (χ1n) is 7.70. The Balaban J connectivity index is 1.66. The fraction of sp³-hybridized carbons (Fsp3) is 0.625. The second-order valence-corrected chi connectivity index (χ2v) is 6.36. The van der Waals surface area contributed by atoms with E-state index in [-0.39, 0.29) is 0 Å². The molecule has 0 bridgehead atoms. The van der Waals surface area contributed by atoms with Crippen molar-refractivity contribution in [1.29, 1.82) is 0 Å². The van der Waals surface area contributed by atoms with Gasteiger partial charge in [0.25, 0.3) is 0 Å². The molecule has 0 aromatic heterocycles. The van der Waals surface area contributed by atoms with Crippen LogP contribution in [0.3, 0.4) is 0 Å².